The Bertz CT molecular complexity index is 635. The molecule has 1 saturated carbocycles. The maximum atomic E-state index is 12.5. The van der Waals surface area contributed by atoms with Crippen LogP contribution in [0.25, 0.3) is 0 Å². The molecule has 1 amide bonds. The predicted octanol–water partition coefficient (Wildman–Crippen LogP) is 3.61. The van der Waals surface area contributed by atoms with Crippen molar-refractivity contribution in [2.45, 2.75) is 79.5 Å². The average molecular weight is 348 g/mol. The van der Waals surface area contributed by atoms with Crippen LogP contribution in [0.3, 0.4) is 0 Å². The Hall–Kier alpha value is -1.78. The summed E-state index contributed by atoms with van der Waals surface area (Å²) in [5.41, 5.74) is 2.44. The van der Waals surface area contributed by atoms with E-state index in [1.54, 1.807) is 6.92 Å². The van der Waals surface area contributed by atoms with Crippen molar-refractivity contribution >= 4 is 11.9 Å². The van der Waals surface area contributed by atoms with Gasteiger partial charge in [0.05, 0.1) is 5.56 Å². The molecule has 1 aromatic rings. The van der Waals surface area contributed by atoms with Gasteiger partial charge in [0.15, 0.2) is 6.10 Å². The maximum Gasteiger partial charge on any atom is 0.340 e. The van der Waals surface area contributed by atoms with E-state index in [-0.39, 0.29) is 11.9 Å². The maximum absolute atomic E-state index is 12.5. The number of rotatable bonds is 5. The zero-order chi connectivity index (χ0) is 18.7. The molecule has 140 valence electrons. The molecule has 1 fully saturated rings. The second-order valence-electron chi connectivity index (χ2n) is 7.46. The number of carbonyl (C=O) groups excluding carboxylic acids is 2. The van der Waals surface area contributed by atoms with Gasteiger partial charge in [-0.15, -0.1) is 0 Å². The first-order valence-electron chi connectivity index (χ1n) is 9.44. The van der Waals surface area contributed by atoms with Crippen molar-refractivity contribution in [2.75, 3.05) is 0 Å². The van der Waals surface area contributed by atoms with Crippen LogP contribution in [0.1, 0.15) is 68.7 Å². The van der Waals surface area contributed by atoms with E-state index in [1.165, 1.54) is 6.42 Å². The van der Waals surface area contributed by atoms with Gasteiger partial charge in [-0.1, -0.05) is 26.7 Å². The third kappa shape index (κ3) is 4.25. The van der Waals surface area contributed by atoms with Crippen LogP contribution < -0.4 is 5.32 Å². The first-order valence-corrected chi connectivity index (χ1v) is 9.44. The molecule has 1 aromatic heterocycles. The Morgan fingerprint density at radius 3 is 2.60 bits per heavy atom. The van der Waals surface area contributed by atoms with Crippen LogP contribution in [0.5, 0.6) is 0 Å². The lowest BCUT2D eigenvalue weighted by molar-refractivity contribution is -0.130. The zero-order valence-electron chi connectivity index (χ0n) is 16.4. The molecule has 0 radical (unpaired) electrons. The molecule has 5 heteroatoms. The lowest BCUT2D eigenvalue weighted by atomic mass is 9.78. The van der Waals surface area contributed by atoms with Crippen LogP contribution in [-0.4, -0.2) is 28.6 Å². The van der Waals surface area contributed by atoms with Crippen LogP contribution >= 0.6 is 0 Å². The van der Waals surface area contributed by atoms with Crippen molar-refractivity contribution in [3.63, 3.8) is 0 Å². The molecular formula is C20H32N2O3. The molecule has 1 heterocycles. The molecule has 5 nitrogen and oxygen atoms in total. The number of nitrogens with one attached hydrogen (secondary N) is 1. The smallest absolute Gasteiger partial charge is 0.340 e. The number of esters is 1. The monoisotopic (exact) mass is 348 g/mol. The van der Waals surface area contributed by atoms with Gasteiger partial charge in [-0.3, -0.25) is 4.79 Å². The van der Waals surface area contributed by atoms with E-state index in [0.717, 1.165) is 30.8 Å². The highest BCUT2D eigenvalue weighted by Crippen LogP contribution is 2.29. The average Bonchev–Trinajstić information content (AvgIpc) is 2.85. The topological polar surface area (TPSA) is 60.3 Å². The molecule has 2 rings (SSSR count). The van der Waals surface area contributed by atoms with E-state index >= 15 is 0 Å². The summed E-state index contributed by atoms with van der Waals surface area (Å²) >= 11 is 0. The third-order valence-corrected chi connectivity index (χ3v) is 5.80. The number of hydrogen-bond acceptors (Lipinski definition) is 3. The summed E-state index contributed by atoms with van der Waals surface area (Å²) in [6, 6.07) is 2.00. The fourth-order valence-electron chi connectivity index (χ4n) is 3.86. The predicted molar refractivity (Wildman–Crippen MR) is 98.6 cm³/mol. The summed E-state index contributed by atoms with van der Waals surface area (Å²) in [6.07, 6.45) is 2.55. The number of aromatic nitrogens is 1. The first-order chi connectivity index (χ1) is 11.8. The van der Waals surface area contributed by atoms with Gasteiger partial charge in [-0.25, -0.2) is 4.79 Å². The van der Waals surface area contributed by atoms with Crippen LogP contribution in [0, 0.1) is 25.7 Å². The van der Waals surface area contributed by atoms with Gasteiger partial charge in [0.1, 0.15) is 0 Å². The molecule has 0 spiro atoms. The molecule has 4 atom stereocenters. The van der Waals surface area contributed by atoms with Gasteiger partial charge in [-0.2, -0.15) is 0 Å². The highest BCUT2D eigenvalue weighted by Gasteiger charge is 2.30. The van der Waals surface area contributed by atoms with Gasteiger partial charge in [0, 0.05) is 24.0 Å². The quantitative estimate of drug-likeness (QED) is 0.827. The summed E-state index contributed by atoms with van der Waals surface area (Å²) < 4.78 is 7.49. The number of ether oxygens (including phenoxy) is 1. The van der Waals surface area contributed by atoms with Crippen LogP contribution in [0.4, 0.5) is 0 Å². The lowest BCUT2D eigenvalue weighted by Gasteiger charge is -2.35. The van der Waals surface area contributed by atoms with Crippen LogP contribution in [0.15, 0.2) is 6.07 Å². The van der Waals surface area contributed by atoms with Crippen molar-refractivity contribution in [3.05, 3.63) is 23.0 Å². The van der Waals surface area contributed by atoms with Crippen LogP contribution in [0.2, 0.25) is 0 Å². The summed E-state index contributed by atoms with van der Waals surface area (Å²) in [7, 11) is 0. The number of nitrogens with zero attached hydrogens (tertiary/aromatic N) is 1. The molecule has 1 N–H and O–H groups in total. The van der Waals surface area contributed by atoms with Crippen molar-refractivity contribution < 1.29 is 14.3 Å². The Labute approximate surface area is 151 Å². The highest BCUT2D eigenvalue weighted by atomic mass is 16.5. The van der Waals surface area contributed by atoms with E-state index in [9.17, 15) is 9.59 Å². The van der Waals surface area contributed by atoms with E-state index in [2.05, 4.69) is 23.7 Å². The normalized spacial score (nSPS) is 24.6. The molecule has 0 unspecified atom stereocenters. The minimum atomic E-state index is -0.790. The minimum absolute atomic E-state index is 0.169. The first kappa shape index (κ1) is 19.5. The molecule has 1 aliphatic carbocycles. The molecule has 1 aliphatic rings. The van der Waals surface area contributed by atoms with E-state index < -0.39 is 12.1 Å². The number of amides is 1. The van der Waals surface area contributed by atoms with Gasteiger partial charge < -0.3 is 14.6 Å². The van der Waals surface area contributed by atoms with Gasteiger partial charge in [0.25, 0.3) is 5.91 Å². The third-order valence-electron chi connectivity index (χ3n) is 5.80. The van der Waals surface area contributed by atoms with E-state index in [1.807, 2.05) is 26.8 Å². The Kier molecular flexibility index (Phi) is 6.31. The van der Waals surface area contributed by atoms with Crippen molar-refractivity contribution in [3.8, 4) is 0 Å². The molecule has 0 bridgehead atoms. The fourth-order valence-corrected chi connectivity index (χ4v) is 3.86. The van der Waals surface area contributed by atoms with E-state index in [4.69, 9.17) is 4.74 Å². The van der Waals surface area contributed by atoms with E-state index in [0.29, 0.717) is 17.4 Å². The summed E-state index contributed by atoms with van der Waals surface area (Å²) in [4.78, 5) is 24.9. The summed E-state index contributed by atoms with van der Waals surface area (Å²) in [6.45, 7) is 12.8. The zero-order valence-corrected chi connectivity index (χ0v) is 16.4. The lowest BCUT2D eigenvalue weighted by Crippen LogP contribution is -2.47. The fraction of sp³-hybridized carbons (Fsp3) is 0.700. The van der Waals surface area contributed by atoms with Crippen molar-refractivity contribution in [2.24, 2.45) is 11.8 Å². The second kappa shape index (κ2) is 8.07. The van der Waals surface area contributed by atoms with Crippen molar-refractivity contribution in [1.29, 1.82) is 0 Å². The van der Waals surface area contributed by atoms with Crippen LogP contribution in [-0.2, 0) is 16.1 Å². The molecule has 0 aromatic carbocycles. The Morgan fingerprint density at radius 2 is 2.00 bits per heavy atom. The summed E-state index contributed by atoms with van der Waals surface area (Å²) in [5.74, 6) is 0.421. The highest BCUT2D eigenvalue weighted by molar-refractivity contribution is 5.93. The second-order valence-corrected chi connectivity index (χ2v) is 7.46. The standard InChI is InChI=1S/C20H32N2O3/c1-7-22-13(3)11-17(15(22)5)20(24)25-16(6)19(23)21-18-10-8-9-12(2)14(18)4/h11-12,14,16,18H,7-10H2,1-6H3,(H,21,23)/t12-,14-,16-,18+/m0/s1. The minimum Gasteiger partial charge on any atom is -0.449 e. The van der Waals surface area contributed by atoms with Gasteiger partial charge >= 0.3 is 5.97 Å². The number of carbonyl (C=O) groups is 2. The summed E-state index contributed by atoms with van der Waals surface area (Å²) in [5, 5.41) is 3.08. The molecular weight excluding hydrogens is 316 g/mol. The van der Waals surface area contributed by atoms with Gasteiger partial charge in [0.2, 0.25) is 0 Å². The van der Waals surface area contributed by atoms with Crippen molar-refractivity contribution in [1.82, 2.24) is 9.88 Å². The molecule has 0 saturated heterocycles. The molecule has 25 heavy (non-hydrogen) atoms. The number of hydrogen-bond donors (Lipinski definition) is 1. The Balaban J connectivity index is 1.98. The Morgan fingerprint density at radius 1 is 1.32 bits per heavy atom. The molecule has 0 aliphatic heterocycles. The van der Waals surface area contributed by atoms with Gasteiger partial charge in [-0.05, 0) is 52.0 Å². The number of aryl methyl sites for hydroxylation is 1. The largest absolute Gasteiger partial charge is 0.449 e. The SMILES string of the molecule is CCn1c(C)cc(C(=O)O[C@@H](C)C(=O)N[C@@H]2CCC[C@H](C)[C@@H]2C)c1C.